The number of carbonyl (C=O) groups excluding carboxylic acids is 4. The standard InChI is InChI=1S/C84H56N14O34S6/c1-97-55-19-17-49(63-65(55)61(45-13-3-5-15-47(45)71(63)101)67(73(97)103)69(99)35-9-7-11-43(29-35)133-130-127-113)87-51-31-54(60(138(122,123)124)33-57(51)134-131-128-114)90-82-92-80(94-84(96-82)126-42-27-39(77(109)110)24-40(28-42)78(111)112)86-22-21-85-79-91-81(95-83(93-79)125-41-25-37(75(105)106)23-38(26-41)76(107)108)89-52-32-53(59(137(119,120)121)34-58(52)135-132-129-115)88-50-18-20-56-66-62(46-14-4-6-16-48(46)72(102)64(50)66)68(74(104)98(56)2)70(100)36-10-8-12-44(30-36)136(116,117)118/h3-20,23-34,87-88,113-115H,21-22H2,1-2H3,(H,105,106)(H,107,108)(H,109,110)(H,111,112)(H,116,117,118)(H,119,120,121)(H,122,123,124)(H2,85,89,91,93,95)(H2,86,90,92,94,96). The lowest BCUT2D eigenvalue weighted by Crippen LogP contribution is -2.29. The maximum Gasteiger partial charge on any atom is 0.335 e. The van der Waals surface area contributed by atoms with Crippen LogP contribution in [0.2, 0.25) is 0 Å². The first kappa shape index (κ1) is 95.2. The fourth-order valence-corrected chi connectivity index (χ4v) is 18.3. The average molecular weight is 2000 g/mol. The van der Waals surface area contributed by atoms with E-state index in [0.717, 1.165) is 88.0 Å². The molecule has 0 saturated heterocycles. The summed E-state index contributed by atoms with van der Waals surface area (Å²) in [5, 5.41) is 96.4. The molecule has 0 aliphatic heterocycles. The molecule has 54 heteroatoms. The third-order valence-corrected chi connectivity index (χ3v) is 25.3. The molecule has 138 heavy (non-hydrogen) atoms. The average Bonchev–Trinajstić information content (AvgIpc) is 0.707. The van der Waals surface area contributed by atoms with Crippen molar-refractivity contribution in [2.45, 2.75) is 29.4 Å². The number of ether oxygens (including phenoxy) is 2. The Kier molecular flexibility index (Phi) is 26.5. The molecule has 0 bridgehead atoms. The van der Waals surface area contributed by atoms with Gasteiger partial charge in [-0.2, -0.15) is 55.2 Å². The van der Waals surface area contributed by atoms with Crippen LogP contribution >= 0.6 is 36.1 Å². The smallest absolute Gasteiger partial charge is 0.335 e. The lowest BCUT2D eigenvalue weighted by atomic mass is 9.80. The summed E-state index contributed by atoms with van der Waals surface area (Å²) in [6.07, 6.45) is 0. The second kappa shape index (κ2) is 38.4. The summed E-state index contributed by atoms with van der Waals surface area (Å²) in [6, 6.07) is 33.8. The van der Waals surface area contributed by atoms with E-state index in [0.29, 0.717) is 12.0 Å². The van der Waals surface area contributed by atoms with Crippen LogP contribution in [0.1, 0.15) is 105 Å². The molecule has 0 unspecified atom stereocenters. The molecule has 2 aliphatic carbocycles. The third-order valence-electron chi connectivity index (χ3n) is 20.8. The van der Waals surface area contributed by atoms with E-state index in [4.69, 9.17) is 23.4 Å². The van der Waals surface area contributed by atoms with Gasteiger partial charge >= 0.3 is 35.9 Å². The zero-order valence-electron chi connectivity index (χ0n) is 69.0. The van der Waals surface area contributed by atoms with Gasteiger partial charge in [-0.05, 0) is 120 Å². The monoisotopic (exact) mass is 2000 g/mol. The minimum Gasteiger partial charge on any atom is -0.478 e. The minimum absolute atomic E-state index is 0.00125. The van der Waals surface area contributed by atoms with Crippen LogP contribution < -0.4 is 52.5 Å². The molecule has 0 atom stereocenters. The molecule has 0 saturated carbocycles. The highest BCUT2D eigenvalue weighted by molar-refractivity contribution is 7.95. The molecule has 10 aromatic carbocycles. The van der Waals surface area contributed by atoms with Crippen molar-refractivity contribution in [2.24, 2.45) is 14.1 Å². The largest absolute Gasteiger partial charge is 0.478 e. The van der Waals surface area contributed by atoms with Crippen LogP contribution in [-0.2, 0) is 72.6 Å². The topological polar surface area (TPSA) is 709 Å². The number of carbonyl (C=O) groups is 8. The maximum atomic E-state index is 15.2. The van der Waals surface area contributed by atoms with Crippen LogP contribution in [0, 0.1) is 0 Å². The van der Waals surface area contributed by atoms with E-state index in [-0.39, 0.29) is 123 Å². The zero-order chi connectivity index (χ0) is 98.4. The van der Waals surface area contributed by atoms with Crippen molar-refractivity contribution in [1.82, 2.24) is 39.0 Å². The van der Waals surface area contributed by atoms with Crippen LogP contribution in [0.3, 0.4) is 0 Å². The Bertz CT molecular complexity index is 8070. The normalized spacial score (nSPS) is 12.1. The summed E-state index contributed by atoms with van der Waals surface area (Å²) in [4.78, 5) is 161. The molecule has 16 rings (SSSR count). The number of aromatic carboxylic acids is 4. The number of nitrogens with zero attached hydrogens (tertiary/aromatic N) is 8. The van der Waals surface area contributed by atoms with Gasteiger partial charge in [0.15, 0.2) is 23.1 Å². The Morgan fingerprint density at radius 3 is 1.16 bits per heavy atom. The van der Waals surface area contributed by atoms with Crippen molar-refractivity contribution in [3.8, 4) is 45.8 Å². The summed E-state index contributed by atoms with van der Waals surface area (Å²) in [7, 11) is -13.3. The van der Waals surface area contributed by atoms with Gasteiger partial charge in [-0.1, -0.05) is 87.9 Å². The molecule has 2 aliphatic rings. The predicted molar refractivity (Wildman–Crippen MR) is 481 cm³/mol. The number of carboxylic acid groups (broad SMARTS) is 4. The third kappa shape index (κ3) is 19.3. The summed E-state index contributed by atoms with van der Waals surface area (Å²) >= 11 is 0.729. The van der Waals surface area contributed by atoms with Gasteiger partial charge in [0.25, 0.3) is 41.5 Å². The number of nitrogens with one attached hydrogen (secondary N) is 6. The number of carboxylic acids is 4. The van der Waals surface area contributed by atoms with Gasteiger partial charge in [0.1, 0.15) is 21.3 Å². The van der Waals surface area contributed by atoms with E-state index in [2.05, 4.69) is 81.3 Å². The quantitative estimate of drug-likeness (QED) is 0.00429. The lowest BCUT2D eigenvalue weighted by Gasteiger charge is -2.26. The van der Waals surface area contributed by atoms with Crippen LogP contribution in [0.25, 0.3) is 44.1 Å². The molecule has 16 N–H and O–H groups in total. The molecule has 0 fully saturated rings. The van der Waals surface area contributed by atoms with E-state index in [1.807, 2.05) is 0 Å². The number of ketones is 4. The van der Waals surface area contributed by atoms with Gasteiger partial charge in [-0.3, -0.25) is 42.4 Å². The number of anilines is 10. The van der Waals surface area contributed by atoms with Crippen molar-refractivity contribution in [3.63, 3.8) is 0 Å². The molecule has 0 spiro atoms. The lowest BCUT2D eigenvalue weighted by molar-refractivity contribution is -0.432. The van der Waals surface area contributed by atoms with E-state index in [9.17, 15) is 108 Å². The van der Waals surface area contributed by atoms with Gasteiger partial charge in [0, 0.05) is 76.2 Å². The first-order chi connectivity index (χ1) is 65.8. The van der Waals surface area contributed by atoms with Crippen molar-refractivity contribution >= 4 is 193 Å². The minimum atomic E-state index is -5.49. The first-order valence-corrected chi connectivity index (χ1v) is 45.2. The summed E-state index contributed by atoms with van der Waals surface area (Å²) in [5.74, 6) is -13.5. The molecular formula is C84H56N14O34S6. The number of hydrogen-bond donors (Lipinski definition) is 16. The summed E-state index contributed by atoms with van der Waals surface area (Å²) in [5.41, 5.74) is -8.51. The molecule has 48 nitrogen and oxygen atoms in total. The molecule has 0 amide bonds. The van der Waals surface area contributed by atoms with E-state index in [1.165, 1.54) is 111 Å². The van der Waals surface area contributed by atoms with Crippen molar-refractivity contribution in [3.05, 3.63) is 269 Å². The van der Waals surface area contributed by atoms with Crippen LogP contribution in [-0.4, -0.2) is 174 Å². The second-order valence-corrected chi connectivity index (χ2v) is 35.5. The SMILES string of the molecule is Cn1c(=O)c(C(=O)c2cccc(SOOO)c2)c2c3c(c(Nc4cc(Nc5nc(NCCNc6nc(Nc7cc(Nc8ccc9c%10c8C(=O)c8ccccc8-c%10c(C(=O)c8cccc(S(=O)(=O)O)c8)c(=O)n9C)c(S(=O)(=O)O)cc7SOOO)nc(Oc7cc(C(=O)O)cc(C(=O)O)c7)n6)nc(Oc6cc(C(=O)O)cc(C(=O)O)c6)n5)c(S(=O)(=O)O)cc4SOOO)ccc31)C(=O)c1ccccc1-2. The van der Waals surface area contributed by atoms with Crippen LogP contribution in [0.15, 0.2) is 221 Å². The summed E-state index contributed by atoms with van der Waals surface area (Å²) < 4.78 is 140. The Hall–Kier alpha value is -16.0. The molecule has 702 valence electrons. The Morgan fingerprint density at radius 1 is 0.370 bits per heavy atom. The molecular weight excluding hydrogens is 1940 g/mol. The number of pyridine rings is 2. The zero-order valence-corrected chi connectivity index (χ0v) is 73.9. The first-order valence-electron chi connectivity index (χ1n) is 38.6. The Labute approximate surface area is 782 Å². The number of aromatic nitrogens is 8. The van der Waals surface area contributed by atoms with Gasteiger partial charge in [0.2, 0.25) is 23.8 Å². The van der Waals surface area contributed by atoms with Gasteiger partial charge in [0.05, 0.1) is 140 Å². The van der Waals surface area contributed by atoms with Crippen LogP contribution in [0.4, 0.5) is 57.9 Å². The number of fused-ring (bicyclic) bond motifs is 4. The molecule has 14 aromatic rings. The highest BCUT2D eigenvalue weighted by Gasteiger charge is 2.39. The van der Waals surface area contributed by atoms with E-state index in [1.54, 1.807) is 6.07 Å². The molecule has 4 heterocycles. The van der Waals surface area contributed by atoms with Crippen molar-refractivity contribution < 1.29 is 151 Å². The number of rotatable bonds is 37. The van der Waals surface area contributed by atoms with Gasteiger partial charge in [-0.25, -0.2) is 34.9 Å². The van der Waals surface area contributed by atoms with E-state index < -0.39 is 224 Å². The fourth-order valence-electron chi connectivity index (χ4n) is 15.0. The predicted octanol–water partition coefficient (Wildman–Crippen LogP) is 12.5. The van der Waals surface area contributed by atoms with Gasteiger partial charge < -0.3 is 70.9 Å². The second-order valence-electron chi connectivity index (χ2n) is 29.0. The number of hydrogen-bond acceptors (Lipinski definition) is 42. The Balaban J connectivity index is 0.773. The van der Waals surface area contributed by atoms with Crippen molar-refractivity contribution in [2.75, 3.05) is 45.0 Å². The maximum absolute atomic E-state index is 15.2. The van der Waals surface area contributed by atoms with Gasteiger partial charge in [-0.15, -0.1) is 13.0 Å². The molecule has 4 aromatic heterocycles. The fraction of sp³-hybridized carbons (Fsp3) is 0.0476. The van der Waals surface area contributed by atoms with Crippen molar-refractivity contribution in [1.29, 1.82) is 0 Å². The van der Waals surface area contributed by atoms with Crippen LogP contribution in [0.5, 0.6) is 23.5 Å². The number of aryl methyl sites for hydroxylation is 2. The highest BCUT2D eigenvalue weighted by atomic mass is 32.2. The molecule has 0 radical (unpaired) electrons. The highest BCUT2D eigenvalue weighted by Crippen LogP contribution is 2.50. The summed E-state index contributed by atoms with van der Waals surface area (Å²) in [6.45, 7) is -0.885. The number of benzene rings is 10. The Morgan fingerprint density at radius 2 is 0.746 bits per heavy atom. The van der Waals surface area contributed by atoms with E-state index >= 15 is 9.59 Å².